The van der Waals surface area contributed by atoms with E-state index >= 15 is 0 Å². The van der Waals surface area contributed by atoms with E-state index in [9.17, 15) is 0 Å². The molecule has 1 aromatic carbocycles. The molecule has 0 saturated carbocycles. The van der Waals surface area contributed by atoms with Crippen LogP contribution in [0.5, 0.6) is 0 Å². The van der Waals surface area contributed by atoms with Gasteiger partial charge in [0.1, 0.15) is 5.56 Å². The number of hydroxylamine groups is 1. The van der Waals surface area contributed by atoms with Crippen molar-refractivity contribution in [3.05, 3.63) is 35.9 Å². The van der Waals surface area contributed by atoms with Crippen LogP contribution in [0.4, 0.5) is 0 Å². The maximum atomic E-state index is 8.88. The maximum Gasteiger partial charge on any atom is 0.445 e. The minimum atomic E-state index is -0.236. The summed E-state index contributed by atoms with van der Waals surface area (Å²) in [6.07, 6.45) is 0. The van der Waals surface area contributed by atoms with Crippen molar-refractivity contribution in [2.24, 2.45) is 0 Å². The third-order valence-electron chi connectivity index (χ3n) is 1.15. The molecule has 1 amide bonds. The van der Waals surface area contributed by atoms with E-state index < -0.39 is 0 Å². The first kappa shape index (κ1) is 23.2. The fraction of sp³-hybridized carbons (Fsp3) is 0. The number of nitrogens with one attached hydrogen (secondary N) is 1. The van der Waals surface area contributed by atoms with Crippen molar-refractivity contribution in [3.8, 4) is 0 Å². The van der Waals surface area contributed by atoms with Crippen LogP contribution in [0, 0.1) is 0 Å². The van der Waals surface area contributed by atoms with E-state index in [1.807, 2.05) is 6.07 Å². The fourth-order valence-corrected chi connectivity index (χ4v) is 0.661. The summed E-state index contributed by atoms with van der Waals surface area (Å²) >= 11 is 0. The van der Waals surface area contributed by atoms with E-state index in [1.165, 1.54) is 0 Å². The van der Waals surface area contributed by atoms with E-state index in [0.29, 0.717) is 5.56 Å². The summed E-state index contributed by atoms with van der Waals surface area (Å²) in [6.45, 7) is 0. The molecule has 0 bridgehead atoms. The van der Waals surface area contributed by atoms with Gasteiger partial charge in [-0.25, -0.2) is 0 Å². The second-order valence-corrected chi connectivity index (χ2v) is 1.83. The number of amides is 1. The van der Waals surface area contributed by atoms with Crippen molar-refractivity contribution in [2.75, 3.05) is 0 Å². The summed E-state index contributed by atoms with van der Waals surface area (Å²) in [5.74, 6) is -0.236. The molecule has 0 unspecified atom stereocenters. The van der Waals surface area contributed by atoms with Gasteiger partial charge in [0.15, 0.2) is 0 Å². The van der Waals surface area contributed by atoms with Crippen molar-refractivity contribution >= 4 is 5.91 Å². The molecular weight excluding hydrogens is 229 g/mol. The zero-order valence-electron chi connectivity index (χ0n) is 7.23. The van der Waals surface area contributed by atoms with Gasteiger partial charge >= 0.3 is 5.91 Å². The van der Waals surface area contributed by atoms with Crippen LogP contribution in [0.1, 0.15) is 5.56 Å². The number of carbonyl (C=O) groups excluding carboxylic acids is 1. The molecule has 1 aromatic rings. The minimum absolute atomic E-state index is 0. The summed E-state index contributed by atoms with van der Waals surface area (Å²) in [5.41, 5.74) is 2.21. The van der Waals surface area contributed by atoms with Crippen LogP contribution in [-0.4, -0.2) is 32.3 Å². The van der Waals surface area contributed by atoms with Gasteiger partial charge in [-0.15, -0.1) is 0 Å². The van der Waals surface area contributed by atoms with Crippen molar-refractivity contribution in [3.63, 3.8) is 0 Å². The summed E-state index contributed by atoms with van der Waals surface area (Å²) in [4.78, 5) is 8.88. The number of rotatable bonds is 1. The molecule has 9 N–H and O–H groups in total. The second-order valence-electron chi connectivity index (χ2n) is 1.83. The Hall–Kier alpha value is -0.886. The van der Waals surface area contributed by atoms with Crippen LogP contribution in [0.15, 0.2) is 30.3 Å². The average Bonchev–Trinajstić information content (AvgIpc) is 2.05. The smallest absolute Gasteiger partial charge is 0.412 e. The van der Waals surface area contributed by atoms with Crippen LogP contribution in [-0.2, 0) is 18.6 Å². The van der Waals surface area contributed by atoms with E-state index in [0.717, 1.165) is 0 Å². The molecule has 0 aromatic heterocycles. The Bertz CT molecular complexity index is 231. The Morgan fingerprint density at radius 2 is 1.50 bits per heavy atom. The molecule has 0 heterocycles. The fourth-order valence-electron chi connectivity index (χ4n) is 0.661. The Balaban J connectivity index is -0.000000125. The Labute approximate surface area is 92.7 Å². The van der Waals surface area contributed by atoms with Gasteiger partial charge in [-0.3, -0.25) is 10.0 Å². The Morgan fingerprint density at radius 1 is 1.07 bits per heavy atom. The Morgan fingerprint density at radius 3 is 1.86 bits per heavy atom. The minimum Gasteiger partial charge on any atom is -0.412 e. The standard InChI is InChI=1S/C7H7NO2.3H2O.V/c9-7(8-10)6-4-2-1-3-5-6;;;;/h1-5,10H,(H,8,9);3*1H2;/p+1. The first-order valence-corrected chi connectivity index (χ1v) is 2.86. The van der Waals surface area contributed by atoms with Gasteiger partial charge in [-0.05, 0) is 12.1 Å². The van der Waals surface area contributed by atoms with E-state index in [-0.39, 0.29) is 40.9 Å². The second kappa shape index (κ2) is 12.1. The maximum absolute atomic E-state index is 8.88. The van der Waals surface area contributed by atoms with E-state index in [4.69, 9.17) is 10.0 Å². The van der Waals surface area contributed by atoms with Crippen LogP contribution < -0.4 is 5.48 Å². The van der Waals surface area contributed by atoms with Crippen LogP contribution in [0.25, 0.3) is 0 Å². The molecule has 1 rings (SSSR count). The number of benzene rings is 1. The summed E-state index contributed by atoms with van der Waals surface area (Å²) in [6, 6.07) is 8.72. The van der Waals surface area contributed by atoms with Gasteiger partial charge < -0.3 is 16.4 Å². The molecule has 0 fully saturated rings. The van der Waals surface area contributed by atoms with Crippen LogP contribution in [0.2, 0.25) is 0 Å². The van der Waals surface area contributed by atoms with Crippen molar-refractivity contribution in [1.29, 1.82) is 0 Å². The molecule has 0 atom stereocenters. The average molecular weight is 243 g/mol. The quantitative estimate of drug-likeness (QED) is 0.329. The number of hydrogen-bond acceptors (Lipinski definition) is 1. The monoisotopic (exact) mass is 243 g/mol. The van der Waals surface area contributed by atoms with Gasteiger partial charge in [0, 0.05) is 18.6 Å². The zero-order chi connectivity index (χ0) is 7.40. The summed E-state index contributed by atoms with van der Waals surface area (Å²) in [7, 11) is 0. The first-order valence-electron chi connectivity index (χ1n) is 2.86. The predicted octanol–water partition coefficient (Wildman–Crippen LogP) is -1.96. The third kappa shape index (κ3) is 6.61. The molecule has 81 valence electrons. The van der Waals surface area contributed by atoms with Crippen molar-refractivity contribution in [2.45, 2.75) is 0 Å². The third-order valence-corrected chi connectivity index (χ3v) is 1.15. The SMILES string of the molecule is O.O.O.ONC(=[OH+])c1ccccc1.[V]. The summed E-state index contributed by atoms with van der Waals surface area (Å²) < 4.78 is 0. The van der Waals surface area contributed by atoms with Gasteiger partial charge in [-0.2, -0.15) is 5.48 Å². The predicted molar refractivity (Wildman–Crippen MR) is 48.3 cm³/mol. The Kier molecular flexibility index (Phi) is 20.0. The topological polar surface area (TPSA) is 148 Å². The molecule has 0 aliphatic carbocycles. The molecule has 6 nitrogen and oxygen atoms in total. The van der Waals surface area contributed by atoms with E-state index in [2.05, 4.69) is 0 Å². The molecule has 7 heteroatoms. The summed E-state index contributed by atoms with van der Waals surface area (Å²) in [5, 5.41) is 8.25. The molecule has 0 spiro atoms. The van der Waals surface area contributed by atoms with Crippen molar-refractivity contribution < 1.29 is 45.0 Å². The first-order chi connectivity index (χ1) is 4.84. The largest absolute Gasteiger partial charge is 0.445 e. The molecule has 0 saturated heterocycles. The molecular formula is C7H14NO5V+. The number of hydrogen-bond donors (Lipinski definition) is 2. The van der Waals surface area contributed by atoms with Crippen molar-refractivity contribution in [1.82, 2.24) is 5.48 Å². The molecule has 0 aliphatic rings. The van der Waals surface area contributed by atoms with Gasteiger partial charge in [-0.1, -0.05) is 18.2 Å². The molecule has 14 heavy (non-hydrogen) atoms. The van der Waals surface area contributed by atoms with E-state index in [1.54, 1.807) is 29.7 Å². The van der Waals surface area contributed by atoms with Gasteiger partial charge in [0.2, 0.25) is 0 Å². The molecule has 1 radical (unpaired) electrons. The van der Waals surface area contributed by atoms with Gasteiger partial charge in [0.05, 0.1) is 0 Å². The van der Waals surface area contributed by atoms with Crippen LogP contribution in [0.3, 0.4) is 0 Å². The molecule has 0 aliphatic heterocycles. The normalized spacial score (nSPS) is 6.36. The zero-order valence-corrected chi connectivity index (χ0v) is 8.63. The van der Waals surface area contributed by atoms with Crippen LogP contribution >= 0.6 is 0 Å². The van der Waals surface area contributed by atoms with Gasteiger partial charge in [0.25, 0.3) is 0 Å².